The zero-order valence-corrected chi connectivity index (χ0v) is 17.2. The maximum absolute atomic E-state index is 12.8. The summed E-state index contributed by atoms with van der Waals surface area (Å²) >= 11 is 5.84. The minimum Gasteiger partial charge on any atom is -0.468 e. The molecule has 1 rings (SSSR count). The highest BCUT2D eigenvalue weighted by molar-refractivity contribution is 7.55. The average molecular weight is 422 g/mol. The third-order valence-corrected chi connectivity index (χ3v) is 6.01. The van der Waals surface area contributed by atoms with Gasteiger partial charge in [-0.2, -0.15) is 0 Å². The Labute approximate surface area is 162 Å². The van der Waals surface area contributed by atoms with Gasteiger partial charge in [0.15, 0.2) is 0 Å². The lowest BCUT2D eigenvalue weighted by molar-refractivity contribution is -0.160. The first-order valence-electron chi connectivity index (χ1n) is 7.57. The number of methoxy groups -OCH3 is 2. The van der Waals surface area contributed by atoms with Crippen LogP contribution in [-0.4, -0.2) is 57.9 Å². The number of halogens is 1. The Morgan fingerprint density at radius 3 is 1.96 bits per heavy atom. The molecule has 2 unspecified atom stereocenters. The molecule has 0 fully saturated rings. The standard InChI is InChI=1S/C16H21ClNO8P/c1-10(11-6-8-12(17)9-7-11)18-26-13(15(19)22-2)14(16(20)23-3)27(21,24-4)25-5/h6-9,13-14H,1-5H3/b18-10+. The number of carbonyl (C=O) groups excluding carboxylic acids is 2. The van der Waals surface area contributed by atoms with E-state index in [1.165, 1.54) is 0 Å². The fourth-order valence-corrected chi connectivity index (χ4v) is 3.67. The second-order valence-electron chi connectivity index (χ2n) is 5.11. The second-order valence-corrected chi connectivity index (χ2v) is 7.91. The predicted octanol–water partition coefficient (Wildman–Crippen LogP) is 2.65. The van der Waals surface area contributed by atoms with Crippen LogP contribution in [0, 0.1) is 0 Å². The minimum absolute atomic E-state index is 0.369. The Morgan fingerprint density at radius 1 is 1.00 bits per heavy atom. The summed E-state index contributed by atoms with van der Waals surface area (Å²) in [4.78, 5) is 29.6. The van der Waals surface area contributed by atoms with E-state index in [4.69, 9.17) is 25.5 Å². The molecule has 27 heavy (non-hydrogen) atoms. The third-order valence-electron chi connectivity index (χ3n) is 3.58. The largest absolute Gasteiger partial charge is 0.468 e. The van der Waals surface area contributed by atoms with E-state index in [0.29, 0.717) is 16.3 Å². The average Bonchev–Trinajstić information content (AvgIpc) is 2.69. The number of hydrogen-bond donors (Lipinski definition) is 0. The second kappa shape index (κ2) is 10.4. The van der Waals surface area contributed by atoms with E-state index in [9.17, 15) is 14.2 Å². The first-order chi connectivity index (χ1) is 12.7. The molecule has 0 bridgehead atoms. The topological polar surface area (TPSA) is 110 Å². The maximum atomic E-state index is 12.8. The van der Waals surface area contributed by atoms with Crippen molar-refractivity contribution in [2.24, 2.45) is 5.16 Å². The van der Waals surface area contributed by atoms with Crippen LogP contribution in [0.2, 0.25) is 5.02 Å². The van der Waals surface area contributed by atoms with Gasteiger partial charge in [-0.25, -0.2) is 4.79 Å². The Kier molecular flexibility index (Phi) is 8.92. The lowest BCUT2D eigenvalue weighted by Gasteiger charge is -2.26. The van der Waals surface area contributed by atoms with Gasteiger partial charge in [-0.15, -0.1) is 0 Å². The number of hydrogen-bond acceptors (Lipinski definition) is 9. The summed E-state index contributed by atoms with van der Waals surface area (Å²) < 4.78 is 31.7. The van der Waals surface area contributed by atoms with Gasteiger partial charge in [0.1, 0.15) is 0 Å². The quantitative estimate of drug-likeness (QED) is 0.259. The molecule has 150 valence electrons. The lowest BCUT2D eigenvalue weighted by atomic mass is 10.1. The van der Waals surface area contributed by atoms with Gasteiger partial charge in [0.2, 0.25) is 11.8 Å². The smallest absolute Gasteiger partial charge is 0.351 e. The van der Waals surface area contributed by atoms with E-state index in [1.807, 2.05) is 0 Å². The molecule has 0 saturated heterocycles. The summed E-state index contributed by atoms with van der Waals surface area (Å²) in [5, 5.41) is 4.38. The summed E-state index contributed by atoms with van der Waals surface area (Å²) in [5.74, 6) is -2.05. The van der Waals surface area contributed by atoms with Crippen LogP contribution in [0.15, 0.2) is 29.4 Å². The molecule has 0 amide bonds. The van der Waals surface area contributed by atoms with Crippen LogP contribution in [0.5, 0.6) is 0 Å². The van der Waals surface area contributed by atoms with Crippen LogP contribution in [0.25, 0.3) is 0 Å². The van der Waals surface area contributed by atoms with E-state index < -0.39 is 31.3 Å². The molecule has 0 N–H and O–H groups in total. The molecule has 0 aliphatic heterocycles. The molecule has 11 heteroatoms. The zero-order chi connectivity index (χ0) is 20.6. The normalized spacial score (nSPS) is 14.2. The van der Waals surface area contributed by atoms with Crippen LogP contribution in [0.3, 0.4) is 0 Å². The van der Waals surface area contributed by atoms with E-state index in [0.717, 1.165) is 28.4 Å². The van der Waals surface area contributed by atoms with Crippen LogP contribution in [0.4, 0.5) is 0 Å². The summed E-state index contributed by atoms with van der Waals surface area (Å²) in [7, 11) is 0.154. The van der Waals surface area contributed by atoms with Gasteiger partial charge in [-0.05, 0) is 24.6 Å². The van der Waals surface area contributed by atoms with Crippen LogP contribution in [-0.2, 0) is 37.5 Å². The molecule has 0 saturated carbocycles. The molecular weight excluding hydrogens is 401 g/mol. The number of benzene rings is 1. The number of oxime groups is 1. The molecule has 1 aromatic rings. The van der Waals surface area contributed by atoms with Gasteiger partial charge in [0.25, 0.3) is 0 Å². The van der Waals surface area contributed by atoms with Crippen LogP contribution in [0.1, 0.15) is 12.5 Å². The van der Waals surface area contributed by atoms with Gasteiger partial charge in [-0.3, -0.25) is 9.36 Å². The molecule has 0 aromatic heterocycles. The molecule has 0 radical (unpaired) electrons. The summed E-state index contributed by atoms with van der Waals surface area (Å²) in [6.45, 7) is 1.61. The van der Waals surface area contributed by atoms with Gasteiger partial charge in [0.05, 0.1) is 19.9 Å². The van der Waals surface area contributed by atoms with Gasteiger partial charge < -0.3 is 23.4 Å². The van der Waals surface area contributed by atoms with E-state index in [1.54, 1.807) is 31.2 Å². The monoisotopic (exact) mass is 421 g/mol. The highest BCUT2D eigenvalue weighted by Crippen LogP contribution is 2.54. The number of ether oxygens (including phenoxy) is 2. The molecule has 0 aliphatic rings. The fraction of sp³-hybridized carbons (Fsp3) is 0.438. The van der Waals surface area contributed by atoms with Crippen molar-refractivity contribution in [3.8, 4) is 0 Å². The SMILES string of the molecule is COC(=O)C(O/N=C(\C)c1ccc(Cl)cc1)C(C(=O)OC)P(=O)(OC)OC. The van der Waals surface area contributed by atoms with E-state index in [2.05, 4.69) is 14.6 Å². The highest BCUT2D eigenvalue weighted by atomic mass is 35.5. The maximum Gasteiger partial charge on any atom is 0.351 e. The molecule has 0 spiro atoms. The Morgan fingerprint density at radius 2 is 1.52 bits per heavy atom. The predicted molar refractivity (Wildman–Crippen MR) is 98.0 cm³/mol. The minimum atomic E-state index is -4.11. The Hall–Kier alpha value is -1.93. The third kappa shape index (κ3) is 5.77. The van der Waals surface area contributed by atoms with Crippen molar-refractivity contribution in [2.45, 2.75) is 18.7 Å². The molecule has 0 heterocycles. The van der Waals surface area contributed by atoms with Crippen LogP contribution < -0.4 is 0 Å². The molecule has 2 atom stereocenters. The van der Waals surface area contributed by atoms with Crippen molar-refractivity contribution in [3.05, 3.63) is 34.9 Å². The summed E-state index contributed by atoms with van der Waals surface area (Å²) in [6.07, 6.45) is -1.73. The number of nitrogens with zero attached hydrogens (tertiary/aromatic N) is 1. The van der Waals surface area contributed by atoms with Crippen molar-refractivity contribution in [1.82, 2.24) is 0 Å². The van der Waals surface area contributed by atoms with Crippen molar-refractivity contribution in [3.63, 3.8) is 0 Å². The summed E-state index contributed by atoms with van der Waals surface area (Å²) in [6, 6.07) is 6.67. The molecular formula is C16H21ClNO8P. The van der Waals surface area contributed by atoms with E-state index >= 15 is 0 Å². The Balaban J connectivity index is 3.27. The Bertz CT molecular complexity index is 728. The first kappa shape index (κ1) is 23.1. The molecule has 1 aromatic carbocycles. The molecule has 9 nitrogen and oxygen atoms in total. The van der Waals surface area contributed by atoms with Crippen molar-refractivity contribution in [2.75, 3.05) is 28.4 Å². The van der Waals surface area contributed by atoms with Crippen LogP contribution >= 0.6 is 19.2 Å². The van der Waals surface area contributed by atoms with Crippen molar-refractivity contribution in [1.29, 1.82) is 0 Å². The zero-order valence-electron chi connectivity index (χ0n) is 15.5. The van der Waals surface area contributed by atoms with Gasteiger partial charge in [0, 0.05) is 19.2 Å². The van der Waals surface area contributed by atoms with Gasteiger partial charge in [-0.1, -0.05) is 28.9 Å². The van der Waals surface area contributed by atoms with E-state index in [-0.39, 0.29) is 0 Å². The summed E-state index contributed by atoms with van der Waals surface area (Å²) in [5.41, 5.74) is -0.722. The highest BCUT2D eigenvalue weighted by Gasteiger charge is 2.52. The van der Waals surface area contributed by atoms with Crippen molar-refractivity contribution < 1.29 is 37.5 Å². The first-order valence-corrected chi connectivity index (χ1v) is 9.56. The number of rotatable bonds is 9. The van der Waals surface area contributed by atoms with Crippen molar-refractivity contribution >= 4 is 36.8 Å². The number of esters is 2. The number of carbonyl (C=O) groups is 2. The fourth-order valence-electron chi connectivity index (χ4n) is 2.07. The molecule has 0 aliphatic carbocycles. The van der Waals surface area contributed by atoms with Gasteiger partial charge >= 0.3 is 19.5 Å². The lowest BCUT2D eigenvalue weighted by Crippen LogP contribution is -2.43.